The number of carbonyl (C=O) groups is 2. The van der Waals surface area contributed by atoms with E-state index in [-0.39, 0.29) is 18.4 Å². The summed E-state index contributed by atoms with van der Waals surface area (Å²) in [6, 6.07) is 7.51. The summed E-state index contributed by atoms with van der Waals surface area (Å²) >= 11 is 0. The molecule has 0 radical (unpaired) electrons. The SMILES string of the molecule is COC(=O)CCC(NC(=O)OC(C)(C)C)c1cccc(C)c1. The minimum atomic E-state index is -0.566. The first-order chi connectivity index (χ1) is 10.2. The smallest absolute Gasteiger partial charge is 0.408 e. The maximum Gasteiger partial charge on any atom is 0.408 e. The lowest BCUT2D eigenvalue weighted by Gasteiger charge is -2.24. The van der Waals surface area contributed by atoms with E-state index in [9.17, 15) is 9.59 Å². The van der Waals surface area contributed by atoms with Gasteiger partial charge in [-0.25, -0.2) is 4.79 Å². The molecular weight excluding hydrogens is 282 g/mol. The zero-order valence-electron chi connectivity index (χ0n) is 13.9. The highest BCUT2D eigenvalue weighted by molar-refractivity contribution is 5.70. The van der Waals surface area contributed by atoms with Gasteiger partial charge in [0.2, 0.25) is 0 Å². The minimum Gasteiger partial charge on any atom is -0.469 e. The van der Waals surface area contributed by atoms with Crippen molar-refractivity contribution in [2.24, 2.45) is 0 Å². The molecule has 0 heterocycles. The maximum absolute atomic E-state index is 12.0. The highest BCUT2D eigenvalue weighted by Crippen LogP contribution is 2.21. The largest absolute Gasteiger partial charge is 0.469 e. The van der Waals surface area contributed by atoms with Gasteiger partial charge in [0, 0.05) is 6.42 Å². The summed E-state index contributed by atoms with van der Waals surface area (Å²) in [6.07, 6.45) is 0.184. The normalized spacial score (nSPS) is 12.4. The molecule has 0 saturated heterocycles. The molecule has 1 aromatic rings. The lowest BCUT2D eigenvalue weighted by Crippen LogP contribution is -2.35. The third-order valence-electron chi connectivity index (χ3n) is 3.00. The van der Waals surface area contributed by atoms with E-state index < -0.39 is 11.7 Å². The Balaban J connectivity index is 2.82. The molecule has 0 aliphatic rings. The van der Waals surface area contributed by atoms with Crippen LogP contribution in [-0.4, -0.2) is 24.8 Å². The molecule has 22 heavy (non-hydrogen) atoms. The molecule has 1 N–H and O–H groups in total. The molecular formula is C17H25NO4. The van der Waals surface area contributed by atoms with Gasteiger partial charge in [0.25, 0.3) is 0 Å². The molecule has 5 nitrogen and oxygen atoms in total. The third kappa shape index (κ3) is 6.61. The van der Waals surface area contributed by atoms with E-state index in [1.807, 2.05) is 52.0 Å². The van der Waals surface area contributed by atoms with Gasteiger partial charge in [0.1, 0.15) is 5.60 Å². The molecule has 0 aliphatic heterocycles. The number of methoxy groups -OCH3 is 1. The zero-order chi connectivity index (χ0) is 16.8. The maximum atomic E-state index is 12.0. The average molecular weight is 307 g/mol. The summed E-state index contributed by atoms with van der Waals surface area (Å²) in [7, 11) is 1.35. The Kier molecular flexibility index (Phi) is 6.40. The summed E-state index contributed by atoms with van der Waals surface area (Å²) in [4.78, 5) is 23.4. The van der Waals surface area contributed by atoms with Crippen LogP contribution in [0.5, 0.6) is 0 Å². The average Bonchev–Trinajstić information content (AvgIpc) is 2.41. The van der Waals surface area contributed by atoms with Crippen molar-refractivity contribution in [1.29, 1.82) is 0 Å². The fourth-order valence-corrected chi connectivity index (χ4v) is 2.02. The van der Waals surface area contributed by atoms with E-state index in [1.54, 1.807) is 0 Å². The Bertz CT molecular complexity index is 520. The molecule has 0 fully saturated rings. The zero-order valence-corrected chi connectivity index (χ0v) is 13.9. The molecule has 0 spiro atoms. The van der Waals surface area contributed by atoms with Gasteiger partial charge in [-0.3, -0.25) is 4.79 Å². The lowest BCUT2D eigenvalue weighted by atomic mass is 10.0. The van der Waals surface area contributed by atoms with E-state index in [1.165, 1.54) is 7.11 Å². The highest BCUT2D eigenvalue weighted by Gasteiger charge is 2.21. The molecule has 1 unspecified atom stereocenters. The number of esters is 1. The van der Waals surface area contributed by atoms with Gasteiger partial charge in [0.15, 0.2) is 0 Å². The quantitative estimate of drug-likeness (QED) is 0.845. The van der Waals surface area contributed by atoms with Gasteiger partial charge in [0.05, 0.1) is 13.2 Å². The first kappa shape index (κ1) is 18.0. The number of alkyl carbamates (subject to hydrolysis) is 1. The van der Waals surface area contributed by atoms with Gasteiger partial charge < -0.3 is 14.8 Å². The Morgan fingerprint density at radius 1 is 1.27 bits per heavy atom. The van der Waals surface area contributed by atoms with Crippen molar-refractivity contribution in [3.63, 3.8) is 0 Å². The Morgan fingerprint density at radius 3 is 2.50 bits per heavy atom. The van der Waals surface area contributed by atoms with Crippen molar-refractivity contribution in [3.05, 3.63) is 35.4 Å². The summed E-state index contributed by atoms with van der Waals surface area (Å²) in [5.74, 6) is -0.302. The van der Waals surface area contributed by atoms with Crippen LogP contribution >= 0.6 is 0 Å². The molecule has 1 atom stereocenters. The van der Waals surface area contributed by atoms with E-state index in [0.717, 1.165) is 11.1 Å². The molecule has 5 heteroatoms. The third-order valence-corrected chi connectivity index (χ3v) is 3.00. The molecule has 0 saturated carbocycles. The standard InChI is InChI=1S/C17H25NO4/c1-12-7-6-8-13(11-12)14(9-10-15(19)21-5)18-16(20)22-17(2,3)4/h6-8,11,14H,9-10H2,1-5H3,(H,18,20). The molecule has 0 aromatic heterocycles. The second-order valence-corrected chi connectivity index (χ2v) is 6.23. The van der Waals surface area contributed by atoms with Crippen LogP contribution < -0.4 is 5.32 Å². The van der Waals surface area contributed by atoms with Gasteiger partial charge in [-0.05, 0) is 39.7 Å². The van der Waals surface area contributed by atoms with Crippen molar-refractivity contribution in [3.8, 4) is 0 Å². The second kappa shape index (κ2) is 7.82. The van der Waals surface area contributed by atoms with Crippen LogP contribution in [0.2, 0.25) is 0 Å². The number of amides is 1. The predicted molar refractivity (Wildman–Crippen MR) is 84.5 cm³/mol. The molecule has 1 aromatic carbocycles. The molecule has 1 rings (SSSR count). The van der Waals surface area contributed by atoms with Crippen LogP contribution in [0.3, 0.4) is 0 Å². The van der Waals surface area contributed by atoms with Gasteiger partial charge in [-0.2, -0.15) is 0 Å². The fraction of sp³-hybridized carbons (Fsp3) is 0.529. The van der Waals surface area contributed by atoms with Gasteiger partial charge >= 0.3 is 12.1 Å². The van der Waals surface area contributed by atoms with Crippen molar-refractivity contribution in [2.75, 3.05) is 7.11 Å². The first-order valence-corrected chi connectivity index (χ1v) is 7.34. The van der Waals surface area contributed by atoms with Crippen LogP contribution in [0, 0.1) is 6.92 Å². The Labute approximate surface area is 132 Å². The summed E-state index contributed by atoms with van der Waals surface area (Å²) in [5.41, 5.74) is 1.46. The van der Waals surface area contributed by atoms with Gasteiger partial charge in [-0.1, -0.05) is 29.8 Å². The fourth-order valence-electron chi connectivity index (χ4n) is 2.02. The highest BCUT2D eigenvalue weighted by atomic mass is 16.6. The van der Waals surface area contributed by atoms with Crippen LogP contribution in [-0.2, 0) is 14.3 Å². The van der Waals surface area contributed by atoms with E-state index in [2.05, 4.69) is 10.1 Å². The molecule has 0 bridgehead atoms. The lowest BCUT2D eigenvalue weighted by molar-refractivity contribution is -0.140. The van der Waals surface area contributed by atoms with Crippen LogP contribution in [0.1, 0.15) is 50.8 Å². The van der Waals surface area contributed by atoms with Crippen LogP contribution in [0.15, 0.2) is 24.3 Å². The Hall–Kier alpha value is -2.04. The number of benzene rings is 1. The number of aryl methyl sites for hydroxylation is 1. The van der Waals surface area contributed by atoms with E-state index in [0.29, 0.717) is 6.42 Å². The van der Waals surface area contributed by atoms with Crippen LogP contribution in [0.25, 0.3) is 0 Å². The van der Waals surface area contributed by atoms with Gasteiger partial charge in [-0.15, -0.1) is 0 Å². The monoisotopic (exact) mass is 307 g/mol. The van der Waals surface area contributed by atoms with Crippen molar-refractivity contribution < 1.29 is 19.1 Å². The summed E-state index contributed by atoms with van der Waals surface area (Å²) in [5, 5.41) is 2.83. The number of nitrogens with one attached hydrogen (secondary N) is 1. The summed E-state index contributed by atoms with van der Waals surface area (Å²) < 4.78 is 9.95. The molecule has 1 amide bonds. The number of carbonyl (C=O) groups excluding carboxylic acids is 2. The number of hydrogen-bond acceptors (Lipinski definition) is 4. The van der Waals surface area contributed by atoms with Crippen molar-refractivity contribution in [1.82, 2.24) is 5.32 Å². The number of rotatable bonds is 5. The van der Waals surface area contributed by atoms with E-state index >= 15 is 0 Å². The van der Waals surface area contributed by atoms with Crippen molar-refractivity contribution in [2.45, 2.75) is 52.2 Å². The predicted octanol–water partition coefficient (Wildman–Crippen LogP) is 3.51. The van der Waals surface area contributed by atoms with E-state index in [4.69, 9.17) is 4.74 Å². The Morgan fingerprint density at radius 2 is 1.95 bits per heavy atom. The second-order valence-electron chi connectivity index (χ2n) is 6.23. The molecule has 0 aliphatic carbocycles. The summed E-state index contributed by atoms with van der Waals surface area (Å²) in [6.45, 7) is 7.41. The van der Waals surface area contributed by atoms with Crippen molar-refractivity contribution >= 4 is 12.1 Å². The molecule has 122 valence electrons. The minimum absolute atomic E-state index is 0.227. The van der Waals surface area contributed by atoms with Crippen LogP contribution in [0.4, 0.5) is 4.79 Å². The number of hydrogen-bond donors (Lipinski definition) is 1. The number of ether oxygens (including phenoxy) is 2. The first-order valence-electron chi connectivity index (χ1n) is 7.34. The topological polar surface area (TPSA) is 64.6 Å².